The van der Waals surface area contributed by atoms with Gasteiger partial charge in [-0.05, 0) is 42.0 Å². The van der Waals surface area contributed by atoms with Gasteiger partial charge in [-0.1, -0.05) is 18.2 Å². The second-order valence-electron chi connectivity index (χ2n) is 3.84. The first kappa shape index (κ1) is 10.2. The molecule has 0 radical (unpaired) electrons. The Morgan fingerprint density at radius 2 is 2.33 bits per heavy atom. The number of benzene rings is 1. The first-order chi connectivity index (χ1) is 7.35. The highest BCUT2D eigenvalue weighted by molar-refractivity contribution is 5.59. The Bertz CT molecular complexity index is 369. The molecule has 0 heterocycles. The highest BCUT2D eigenvalue weighted by atomic mass is 16.5. The number of methoxy groups -OCH3 is 1. The lowest BCUT2D eigenvalue weighted by molar-refractivity contribution is 0.275. The summed E-state index contributed by atoms with van der Waals surface area (Å²) in [6.45, 7) is 0.245. The summed E-state index contributed by atoms with van der Waals surface area (Å²) in [5, 5.41) is 9.02. The first-order valence-electron chi connectivity index (χ1n) is 5.30. The summed E-state index contributed by atoms with van der Waals surface area (Å²) < 4.78 is 5.22. The van der Waals surface area contributed by atoms with Crippen LogP contribution in [0, 0.1) is 0 Å². The van der Waals surface area contributed by atoms with Gasteiger partial charge in [-0.2, -0.15) is 0 Å². The van der Waals surface area contributed by atoms with Crippen molar-refractivity contribution >= 4 is 6.08 Å². The van der Waals surface area contributed by atoms with E-state index in [9.17, 15) is 0 Å². The third-order valence-corrected chi connectivity index (χ3v) is 2.93. The van der Waals surface area contributed by atoms with Crippen molar-refractivity contribution < 1.29 is 9.84 Å². The van der Waals surface area contributed by atoms with Gasteiger partial charge < -0.3 is 9.84 Å². The molecule has 15 heavy (non-hydrogen) atoms. The Morgan fingerprint density at radius 1 is 1.47 bits per heavy atom. The number of aliphatic hydroxyl groups is 1. The summed E-state index contributed by atoms with van der Waals surface area (Å²) >= 11 is 0. The van der Waals surface area contributed by atoms with Crippen molar-refractivity contribution in [2.45, 2.75) is 18.8 Å². The topological polar surface area (TPSA) is 29.5 Å². The minimum absolute atomic E-state index is 0.245. The van der Waals surface area contributed by atoms with Crippen molar-refractivity contribution in [2.75, 3.05) is 13.7 Å². The van der Waals surface area contributed by atoms with Crippen LogP contribution < -0.4 is 4.74 Å². The maximum Gasteiger partial charge on any atom is 0.119 e. The fraction of sp³-hybridized carbons (Fsp3) is 0.385. The smallest absolute Gasteiger partial charge is 0.119 e. The zero-order valence-corrected chi connectivity index (χ0v) is 8.94. The van der Waals surface area contributed by atoms with Gasteiger partial charge >= 0.3 is 0 Å². The van der Waals surface area contributed by atoms with E-state index in [1.165, 1.54) is 11.1 Å². The lowest BCUT2D eigenvalue weighted by Crippen LogP contribution is -2.06. The van der Waals surface area contributed by atoms with Crippen molar-refractivity contribution in [3.8, 4) is 5.75 Å². The van der Waals surface area contributed by atoms with Crippen LogP contribution in [0.2, 0.25) is 0 Å². The first-order valence-corrected chi connectivity index (χ1v) is 5.30. The van der Waals surface area contributed by atoms with Crippen molar-refractivity contribution in [1.29, 1.82) is 0 Å². The fourth-order valence-corrected chi connectivity index (χ4v) is 2.10. The predicted molar refractivity (Wildman–Crippen MR) is 61.1 cm³/mol. The minimum atomic E-state index is 0.245. The van der Waals surface area contributed by atoms with Crippen LogP contribution in [0.15, 0.2) is 24.3 Å². The highest BCUT2D eigenvalue weighted by Crippen LogP contribution is 2.34. The Morgan fingerprint density at radius 3 is 3.07 bits per heavy atom. The third-order valence-electron chi connectivity index (χ3n) is 2.93. The predicted octanol–water partition coefficient (Wildman–Crippen LogP) is 2.58. The molecule has 1 aliphatic rings. The van der Waals surface area contributed by atoms with Gasteiger partial charge in [0.2, 0.25) is 0 Å². The summed E-state index contributed by atoms with van der Waals surface area (Å²) in [5.74, 6) is 1.33. The average molecular weight is 204 g/mol. The molecule has 1 N–H and O–H groups in total. The molecule has 0 aromatic heterocycles. The Labute approximate surface area is 90.2 Å². The molecule has 0 amide bonds. The van der Waals surface area contributed by atoms with Gasteiger partial charge in [-0.15, -0.1) is 0 Å². The zero-order chi connectivity index (χ0) is 10.7. The molecule has 0 aliphatic heterocycles. The molecule has 2 rings (SSSR count). The maximum atomic E-state index is 9.02. The molecule has 1 aromatic carbocycles. The van der Waals surface area contributed by atoms with E-state index >= 15 is 0 Å². The quantitative estimate of drug-likeness (QED) is 0.820. The molecule has 2 nitrogen and oxygen atoms in total. The van der Waals surface area contributed by atoms with E-state index < -0.39 is 0 Å². The van der Waals surface area contributed by atoms with Crippen molar-refractivity contribution in [1.82, 2.24) is 0 Å². The summed E-state index contributed by atoms with van der Waals surface area (Å²) in [5.41, 5.74) is 2.55. The molecule has 1 aromatic rings. The summed E-state index contributed by atoms with van der Waals surface area (Å²) in [4.78, 5) is 0. The molecule has 2 heteroatoms. The number of rotatable bonds is 3. The van der Waals surface area contributed by atoms with Crippen molar-refractivity contribution in [3.05, 3.63) is 35.4 Å². The fourth-order valence-electron chi connectivity index (χ4n) is 2.10. The molecular weight excluding hydrogens is 188 g/mol. The Balaban J connectivity index is 2.35. The average Bonchev–Trinajstić information content (AvgIpc) is 2.29. The van der Waals surface area contributed by atoms with Crippen molar-refractivity contribution in [2.24, 2.45) is 0 Å². The zero-order valence-electron chi connectivity index (χ0n) is 8.94. The van der Waals surface area contributed by atoms with E-state index in [0.717, 1.165) is 18.6 Å². The van der Waals surface area contributed by atoms with Gasteiger partial charge in [0.1, 0.15) is 5.75 Å². The standard InChI is InChI=1S/C13H16O2/c1-15-12-6-5-10-3-2-4-11(7-8-14)13(10)9-12/h2-3,5-6,9,11,14H,4,7-8H2,1H3/t11-/m0/s1. The van der Waals surface area contributed by atoms with E-state index in [2.05, 4.69) is 24.3 Å². The van der Waals surface area contributed by atoms with Gasteiger partial charge in [0.15, 0.2) is 0 Å². The number of ether oxygens (including phenoxy) is 1. The van der Waals surface area contributed by atoms with E-state index in [-0.39, 0.29) is 6.61 Å². The highest BCUT2D eigenvalue weighted by Gasteiger charge is 2.16. The Hall–Kier alpha value is -1.28. The molecule has 0 saturated carbocycles. The number of allylic oxidation sites excluding steroid dienone is 1. The molecular formula is C13H16O2. The number of fused-ring (bicyclic) bond motifs is 1. The van der Waals surface area contributed by atoms with E-state index in [4.69, 9.17) is 9.84 Å². The van der Waals surface area contributed by atoms with Crippen LogP contribution in [0.3, 0.4) is 0 Å². The second kappa shape index (κ2) is 4.49. The molecule has 0 fully saturated rings. The van der Waals surface area contributed by atoms with Crippen molar-refractivity contribution in [3.63, 3.8) is 0 Å². The van der Waals surface area contributed by atoms with Crippen LogP contribution in [0.1, 0.15) is 29.9 Å². The van der Waals surface area contributed by atoms with Gasteiger partial charge in [0, 0.05) is 6.61 Å². The molecule has 1 atom stereocenters. The molecule has 0 bridgehead atoms. The van der Waals surface area contributed by atoms with E-state index in [1.54, 1.807) is 7.11 Å². The maximum absolute atomic E-state index is 9.02. The van der Waals surface area contributed by atoms with Crippen LogP contribution >= 0.6 is 0 Å². The van der Waals surface area contributed by atoms with Crippen LogP contribution in [0.5, 0.6) is 5.75 Å². The number of hydrogen-bond acceptors (Lipinski definition) is 2. The van der Waals surface area contributed by atoms with Crippen LogP contribution in [0.25, 0.3) is 6.08 Å². The molecule has 80 valence electrons. The van der Waals surface area contributed by atoms with E-state index in [1.807, 2.05) is 6.07 Å². The molecule has 0 unspecified atom stereocenters. The van der Waals surface area contributed by atoms with Gasteiger partial charge in [0.25, 0.3) is 0 Å². The largest absolute Gasteiger partial charge is 0.497 e. The van der Waals surface area contributed by atoms with Crippen LogP contribution in [-0.2, 0) is 0 Å². The monoisotopic (exact) mass is 204 g/mol. The second-order valence-corrected chi connectivity index (χ2v) is 3.84. The summed E-state index contributed by atoms with van der Waals surface area (Å²) in [6.07, 6.45) is 6.16. The third kappa shape index (κ3) is 2.05. The Kier molecular flexibility index (Phi) is 3.07. The normalized spacial score (nSPS) is 18.7. The van der Waals surface area contributed by atoms with Gasteiger partial charge in [-0.3, -0.25) is 0 Å². The molecule has 1 aliphatic carbocycles. The van der Waals surface area contributed by atoms with Crippen LogP contribution in [0.4, 0.5) is 0 Å². The minimum Gasteiger partial charge on any atom is -0.497 e. The van der Waals surface area contributed by atoms with Gasteiger partial charge in [0.05, 0.1) is 7.11 Å². The SMILES string of the molecule is COc1ccc2c(c1)[C@H](CCO)CC=C2. The lowest BCUT2D eigenvalue weighted by atomic mass is 9.85. The van der Waals surface area contributed by atoms with Gasteiger partial charge in [-0.25, -0.2) is 0 Å². The molecule has 0 spiro atoms. The van der Waals surface area contributed by atoms with Crippen LogP contribution in [-0.4, -0.2) is 18.8 Å². The number of hydrogen-bond donors (Lipinski definition) is 1. The number of aliphatic hydroxyl groups excluding tert-OH is 1. The molecule has 0 saturated heterocycles. The summed E-state index contributed by atoms with van der Waals surface area (Å²) in [6, 6.07) is 6.14. The summed E-state index contributed by atoms with van der Waals surface area (Å²) in [7, 11) is 1.68. The van der Waals surface area contributed by atoms with E-state index in [0.29, 0.717) is 5.92 Å². The lowest BCUT2D eigenvalue weighted by Gasteiger charge is -2.21.